The van der Waals surface area contributed by atoms with Gasteiger partial charge in [0.25, 0.3) is 0 Å². The molecule has 0 aromatic carbocycles. The molecule has 1 amide bonds. The lowest BCUT2D eigenvalue weighted by molar-refractivity contribution is -0.114. The number of halogens is 3. The zero-order valence-corrected chi connectivity index (χ0v) is 21.3. The molecule has 9 nitrogen and oxygen atoms in total. The topological polar surface area (TPSA) is 105 Å². The summed E-state index contributed by atoms with van der Waals surface area (Å²) in [7, 11) is 0. The second-order valence-electron chi connectivity index (χ2n) is 9.63. The van der Waals surface area contributed by atoms with E-state index in [1.165, 1.54) is 25.3 Å². The predicted molar refractivity (Wildman–Crippen MR) is 135 cm³/mol. The first-order chi connectivity index (χ1) is 18.1. The number of morpholine rings is 1. The molecule has 5 rings (SSSR count). The van der Waals surface area contributed by atoms with Crippen LogP contribution >= 0.6 is 0 Å². The van der Waals surface area contributed by atoms with Crippen molar-refractivity contribution >= 4 is 23.2 Å². The summed E-state index contributed by atoms with van der Waals surface area (Å²) in [5.41, 5.74) is 2.02. The fourth-order valence-electron chi connectivity index (χ4n) is 4.70. The molecular formula is C26H28F3N7O2. The average Bonchev–Trinajstić information content (AvgIpc) is 3.48. The zero-order valence-electron chi connectivity index (χ0n) is 21.3. The van der Waals surface area contributed by atoms with Gasteiger partial charge in [-0.15, -0.1) is 0 Å². The molecule has 0 radical (unpaired) electrons. The first-order valence-corrected chi connectivity index (χ1v) is 12.4. The van der Waals surface area contributed by atoms with Gasteiger partial charge in [-0.1, -0.05) is 6.92 Å². The maximum Gasteiger partial charge on any atom is 0.303 e. The number of hydrogen-bond acceptors (Lipinski definition) is 8. The van der Waals surface area contributed by atoms with Crippen LogP contribution < -0.4 is 10.6 Å². The van der Waals surface area contributed by atoms with E-state index in [9.17, 15) is 18.0 Å². The molecule has 0 unspecified atom stereocenters. The molecule has 0 saturated carbocycles. The third-order valence-electron chi connectivity index (χ3n) is 6.57. The minimum atomic E-state index is -3.24. The minimum absolute atomic E-state index is 0.144. The lowest BCUT2D eigenvalue weighted by Crippen LogP contribution is -2.36. The second kappa shape index (κ2) is 10.3. The van der Waals surface area contributed by atoms with Crippen LogP contribution in [0.5, 0.6) is 0 Å². The van der Waals surface area contributed by atoms with Crippen molar-refractivity contribution in [3.63, 3.8) is 0 Å². The number of carbonyl (C=O) groups excluding carboxylic acids is 1. The van der Waals surface area contributed by atoms with Crippen LogP contribution in [0.4, 0.5) is 30.5 Å². The number of hydrogen-bond donors (Lipinski definition) is 2. The van der Waals surface area contributed by atoms with Crippen LogP contribution in [-0.4, -0.2) is 56.0 Å². The Hall–Kier alpha value is -3.64. The van der Waals surface area contributed by atoms with E-state index in [-0.39, 0.29) is 35.4 Å². The molecule has 2 bridgehead atoms. The monoisotopic (exact) mass is 527 g/mol. The number of likely N-dealkylation sites (tertiary alicyclic amines) is 1. The number of pyridine rings is 2. The zero-order chi connectivity index (χ0) is 27.0. The van der Waals surface area contributed by atoms with Crippen molar-refractivity contribution in [1.29, 1.82) is 0 Å². The van der Waals surface area contributed by atoms with Gasteiger partial charge >= 0.3 is 5.92 Å². The van der Waals surface area contributed by atoms with Crippen molar-refractivity contribution in [2.45, 2.75) is 58.2 Å². The maximum absolute atomic E-state index is 14.8. The SMILES string of the molecule is CCc1cc(Nc2cc(NC(C)=O)ncc2-c2ccc(F)c(CN3C[C@@H]4C[C@H]3CO4)n2)nc(C(C)(F)F)n1. The van der Waals surface area contributed by atoms with Crippen molar-refractivity contribution < 1.29 is 22.7 Å². The Labute approximate surface area is 217 Å². The minimum Gasteiger partial charge on any atom is -0.375 e. The third-order valence-corrected chi connectivity index (χ3v) is 6.57. The van der Waals surface area contributed by atoms with Gasteiger partial charge in [-0.3, -0.25) is 9.69 Å². The lowest BCUT2D eigenvalue weighted by atomic mass is 10.1. The normalized spacial score (nSPS) is 19.1. The number of rotatable bonds is 8. The molecule has 3 aromatic heterocycles. The first-order valence-electron chi connectivity index (χ1n) is 12.4. The molecule has 0 spiro atoms. The van der Waals surface area contributed by atoms with E-state index in [2.05, 4.69) is 35.5 Å². The molecule has 3 aromatic rings. The number of fused-ring (bicyclic) bond motifs is 2. The molecule has 0 aliphatic carbocycles. The summed E-state index contributed by atoms with van der Waals surface area (Å²) < 4.78 is 48.6. The van der Waals surface area contributed by atoms with Gasteiger partial charge in [0.05, 0.1) is 29.8 Å². The highest BCUT2D eigenvalue weighted by Crippen LogP contribution is 2.34. The molecule has 200 valence electrons. The smallest absolute Gasteiger partial charge is 0.303 e. The Kier molecular flexibility index (Phi) is 7.01. The number of alkyl halides is 2. The third kappa shape index (κ3) is 5.60. The molecule has 12 heteroatoms. The summed E-state index contributed by atoms with van der Waals surface area (Å²) in [5, 5.41) is 5.67. The number of aryl methyl sites for hydroxylation is 1. The number of amides is 1. The Bertz CT molecular complexity index is 1370. The highest BCUT2D eigenvalue weighted by atomic mass is 19.3. The number of nitrogens with one attached hydrogen (secondary N) is 2. The fourth-order valence-corrected chi connectivity index (χ4v) is 4.70. The van der Waals surface area contributed by atoms with Crippen LogP contribution in [0.15, 0.2) is 30.5 Å². The largest absolute Gasteiger partial charge is 0.375 e. The lowest BCUT2D eigenvalue weighted by Gasteiger charge is -2.26. The van der Waals surface area contributed by atoms with E-state index < -0.39 is 17.6 Å². The van der Waals surface area contributed by atoms with E-state index in [0.717, 1.165) is 19.9 Å². The van der Waals surface area contributed by atoms with Crippen LogP contribution in [0.1, 0.15) is 44.4 Å². The van der Waals surface area contributed by atoms with Gasteiger partial charge in [0.1, 0.15) is 17.5 Å². The molecule has 2 aliphatic heterocycles. The number of ether oxygens (including phenoxy) is 1. The van der Waals surface area contributed by atoms with Gasteiger partial charge in [0, 0.05) is 62.6 Å². The predicted octanol–water partition coefficient (Wildman–Crippen LogP) is 4.42. The molecular weight excluding hydrogens is 499 g/mol. The van der Waals surface area contributed by atoms with Gasteiger partial charge in [-0.05, 0) is 25.0 Å². The van der Waals surface area contributed by atoms with Crippen LogP contribution in [0.3, 0.4) is 0 Å². The molecule has 2 atom stereocenters. The van der Waals surface area contributed by atoms with E-state index in [1.807, 2.05) is 0 Å². The van der Waals surface area contributed by atoms with Crippen LogP contribution in [0.25, 0.3) is 11.3 Å². The molecule has 2 saturated heterocycles. The molecule has 2 aliphatic rings. The van der Waals surface area contributed by atoms with E-state index >= 15 is 0 Å². The molecule has 2 fully saturated rings. The van der Waals surface area contributed by atoms with Crippen molar-refractivity contribution in [1.82, 2.24) is 24.8 Å². The van der Waals surface area contributed by atoms with Gasteiger partial charge in [0.15, 0.2) is 0 Å². The number of anilines is 3. The van der Waals surface area contributed by atoms with Gasteiger partial charge in [0.2, 0.25) is 11.7 Å². The number of carbonyl (C=O) groups is 1. The number of nitrogens with zero attached hydrogens (tertiary/aromatic N) is 5. The van der Waals surface area contributed by atoms with Crippen molar-refractivity contribution in [3.05, 3.63) is 53.5 Å². The average molecular weight is 528 g/mol. The summed E-state index contributed by atoms with van der Waals surface area (Å²) >= 11 is 0. The summed E-state index contributed by atoms with van der Waals surface area (Å²) in [5.74, 6) is -4.21. The quantitative estimate of drug-likeness (QED) is 0.444. The van der Waals surface area contributed by atoms with E-state index in [0.29, 0.717) is 42.2 Å². The summed E-state index contributed by atoms with van der Waals surface area (Å²) in [4.78, 5) is 30.7. The fraction of sp³-hybridized carbons (Fsp3) is 0.423. The first kappa shape index (κ1) is 26.0. The van der Waals surface area contributed by atoms with Crippen LogP contribution in [-0.2, 0) is 28.4 Å². The van der Waals surface area contributed by atoms with Gasteiger partial charge in [-0.2, -0.15) is 8.78 Å². The Morgan fingerprint density at radius 1 is 1.21 bits per heavy atom. The van der Waals surface area contributed by atoms with Crippen LogP contribution in [0.2, 0.25) is 0 Å². The van der Waals surface area contributed by atoms with Crippen molar-refractivity contribution in [2.24, 2.45) is 0 Å². The molecule has 5 heterocycles. The van der Waals surface area contributed by atoms with Gasteiger partial charge in [-0.25, -0.2) is 24.3 Å². The standard InChI is InChI=1S/C26H28F3N7O2/c1-4-15-7-24(35-25(32-15)26(3,28)29)34-21-9-23(31-14(2)37)30-10-18(21)20-6-5-19(27)22(33-20)12-36-11-17-8-16(36)13-38-17/h5-7,9-10,16-17H,4,8,11-13H2,1-3H3,(H2,30,31,32,34,35,37)/t16-,17-/m0/s1. The van der Waals surface area contributed by atoms with E-state index in [4.69, 9.17) is 4.74 Å². The highest BCUT2D eigenvalue weighted by Gasteiger charge is 2.39. The van der Waals surface area contributed by atoms with Crippen LogP contribution in [0, 0.1) is 5.82 Å². The molecule has 38 heavy (non-hydrogen) atoms. The Morgan fingerprint density at radius 2 is 2.03 bits per heavy atom. The summed E-state index contributed by atoms with van der Waals surface area (Å²) in [6, 6.07) is 6.25. The van der Waals surface area contributed by atoms with Crippen molar-refractivity contribution in [3.8, 4) is 11.3 Å². The Morgan fingerprint density at radius 3 is 2.68 bits per heavy atom. The number of aromatic nitrogens is 4. The highest BCUT2D eigenvalue weighted by molar-refractivity contribution is 5.89. The maximum atomic E-state index is 14.8. The summed E-state index contributed by atoms with van der Waals surface area (Å²) in [6.07, 6.45) is 3.02. The van der Waals surface area contributed by atoms with E-state index in [1.54, 1.807) is 19.1 Å². The second-order valence-corrected chi connectivity index (χ2v) is 9.63. The summed E-state index contributed by atoms with van der Waals surface area (Å²) in [6.45, 7) is 5.59. The van der Waals surface area contributed by atoms with Gasteiger partial charge < -0.3 is 15.4 Å². The molecule has 2 N–H and O–H groups in total. The van der Waals surface area contributed by atoms with Crippen molar-refractivity contribution in [2.75, 3.05) is 23.8 Å². The Balaban J connectivity index is 1.52.